The van der Waals surface area contributed by atoms with Crippen molar-refractivity contribution in [2.24, 2.45) is 5.92 Å². The lowest BCUT2D eigenvalue weighted by Gasteiger charge is -2.12. The van der Waals surface area contributed by atoms with Crippen LogP contribution in [0.25, 0.3) is 0 Å². The van der Waals surface area contributed by atoms with Gasteiger partial charge in [-0.15, -0.1) is 0 Å². The Kier molecular flexibility index (Phi) is 4.22. The van der Waals surface area contributed by atoms with E-state index < -0.39 is 0 Å². The molecule has 2 heteroatoms. The van der Waals surface area contributed by atoms with Crippen molar-refractivity contribution in [2.75, 3.05) is 0 Å². The molecule has 16 heavy (non-hydrogen) atoms. The van der Waals surface area contributed by atoms with Gasteiger partial charge in [0.2, 0.25) is 0 Å². The van der Waals surface area contributed by atoms with Gasteiger partial charge in [-0.2, -0.15) is 0 Å². The summed E-state index contributed by atoms with van der Waals surface area (Å²) in [6.07, 6.45) is 1.75. The number of rotatable bonds is 4. The second-order valence-corrected chi connectivity index (χ2v) is 4.49. The molecule has 0 fully saturated rings. The number of carbonyl (C=O) groups is 1. The Bertz CT molecular complexity index is 373. The Morgan fingerprint density at radius 2 is 2.00 bits per heavy atom. The molecule has 0 spiro atoms. The highest BCUT2D eigenvalue weighted by Crippen LogP contribution is 2.21. The van der Waals surface area contributed by atoms with Crippen LogP contribution in [-0.2, 0) is 0 Å². The summed E-state index contributed by atoms with van der Waals surface area (Å²) in [5, 5.41) is 0. The van der Waals surface area contributed by atoms with Crippen LogP contribution < -0.4 is 0 Å². The highest BCUT2D eigenvalue weighted by molar-refractivity contribution is 5.99. The number of hydrogen-bond donors (Lipinski definition) is 0. The van der Waals surface area contributed by atoms with Crippen molar-refractivity contribution in [3.63, 3.8) is 0 Å². The quantitative estimate of drug-likeness (QED) is 0.702. The van der Waals surface area contributed by atoms with Gasteiger partial charge in [-0.25, -0.2) is 4.39 Å². The van der Waals surface area contributed by atoms with E-state index >= 15 is 0 Å². The zero-order chi connectivity index (χ0) is 12.3. The number of benzene rings is 1. The van der Waals surface area contributed by atoms with Crippen LogP contribution in [0.4, 0.5) is 4.39 Å². The summed E-state index contributed by atoms with van der Waals surface area (Å²) in [5.41, 5.74) is 1.87. The molecule has 0 heterocycles. The van der Waals surface area contributed by atoms with Crippen LogP contribution in [0.3, 0.4) is 0 Å². The van der Waals surface area contributed by atoms with Gasteiger partial charge in [-0.05, 0) is 37.5 Å². The predicted octanol–water partition coefficient (Wildman–Crippen LogP) is 4.06. The zero-order valence-electron chi connectivity index (χ0n) is 10.4. The third-order valence-electron chi connectivity index (χ3n) is 2.85. The largest absolute Gasteiger partial charge is 0.294 e. The smallest absolute Gasteiger partial charge is 0.168 e. The molecule has 0 saturated heterocycles. The van der Waals surface area contributed by atoms with Gasteiger partial charge >= 0.3 is 0 Å². The van der Waals surface area contributed by atoms with Crippen LogP contribution in [0.1, 0.15) is 48.2 Å². The molecular weight excluding hydrogens is 203 g/mol. The molecule has 0 bridgehead atoms. The maximum absolute atomic E-state index is 13.7. The Hall–Kier alpha value is -1.18. The van der Waals surface area contributed by atoms with E-state index in [1.54, 1.807) is 6.92 Å². The van der Waals surface area contributed by atoms with E-state index in [4.69, 9.17) is 0 Å². The summed E-state index contributed by atoms with van der Waals surface area (Å²) in [5.74, 6) is -0.553. The third kappa shape index (κ3) is 2.69. The molecule has 0 saturated carbocycles. The van der Waals surface area contributed by atoms with E-state index in [2.05, 4.69) is 0 Å². The Balaban J connectivity index is 3.08. The average Bonchev–Trinajstić information content (AvgIpc) is 2.16. The van der Waals surface area contributed by atoms with Crippen molar-refractivity contribution < 1.29 is 9.18 Å². The van der Waals surface area contributed by atoms with Gasteiger partial charge in [0.1, 0.15) is 5.82 Å². The molecule has 1 atom stereocenters. The van der Waals surface area contributed by atoms with E-state index in [1.807, 2.05) is 26.8 Å². The molecule has 1 nitrogen and oxygen atoms in total. The summed E-state index contributed by atoms with van der Waals surface area (Å²) in [6.45, 7) is 7.52. The van der Waals surface area contributed by atoms with Crippen LogP contribution in [0.2, 0.25) is 0 Å². The number of hydrogen-bond acceptors (Lipinski definition) is 1. The first-order chi connectivity index (χ1) is 7.47. The van der Waals surface area contributed by atoms with Crippen molar-refractivity contribution in [1.29, 1.82) is 0 Å². The molecule has 0 aliphatic carbocycles. The number of carbonyl (C=O) groups excluding carboxylic acids is 1. The molecule has 0 N–H and O–H groups in total. The fourth-order valence-electron chi connectivity index (χ4n) is 2.04. The van der Waals surface area contributed by atoms with Gasteiger partial charge in [0.15, 0.2) is 5.78 Å². The summed E-state index contributed by atoms with van der Waals surface area (Å²) in [4.78, 5) is 12.0. The summed E-state index contributed by atoms with van der Waals surface area (Å²) in [6, 6.07) is 3.29. The van der Waals surface area contributed by atoms with Crippen molar-refractivity contribution in [2.45, 2.75) is 40.5 Å². The normalized spacial score (nSPS) is 12.6. The first kappa shape index (κ1) is 12.9. The fourth-order valence-corrected chi connectivity index (χ4v) is 2.04. The fraction of sp³-hybridized carbons (Fsp3) is 0.500. The van der Waals surface area contributed by atoms with Crippen LogP contribution in [0.5, 0.6) is 0 Å². The molecule has 1 aromatic carbocycles. The van der Waals surface area contributed by atoms with Gasteiger partial charge in [0, 0.05) is 5.92 Å². The van der Waals surface area contributed by atoms with Gasteiger partial charge in [0.25, 0.3) is 0 Å². The first-order valence-corrected chi connectivity index (χ1v) is 5.78. The van der Waals surface area contributed by atoms with Gasteiger partial charge in [-0.3, -0.25) is 4.79 Å². The Labute approximate surface area is 96.7 Å². The minimum absolute atomic E-state index is 0.0724. The standard InChI is InChI=1S/C14H19FO/c1-5-6-10(3)14(16)13-11(4)7-9(2)8-12(13)15/h7-8,10H,5-6H2,1-4H3. The van der Waals surface area contributed by atoms with Crippen molar-refractivity contribution in [3.05, 3.63) is 34.6 Å². The molecular formula is C14H19FO. The summed E-state index contributed by atoms with van der Waals surface area (Å²) in [7, 11) is 0. The topological polar surface area (TPSA) is 17.1 Å². The van der Waals surface area contributed by atoms with E-state index in [0.717, 1.165) is 24.0 Å². The van der Waals surface area contributed by atoms with Crippen molar-refractivity contribution in [3.8, 4) is 0 Å². The van der Waals surface area contributed by atoms with E-state index in [9.17, 15) is 9.18 Å². The maximum Gasteiger partial charge on any atom is 0.168 e. The number of ketones is 1. The summed E-state index contributed by atoms with van der Waals surface area (Å²) < 4.78 is 13.7. The lowest BCUT2D eigenvalue weighted by atomic mass is 9.91. The van der Waals surface area contributed by atoms with Crippen LogP contribution in [-0.4, -0.2) is 5.78 Å². The Morgan fingerprint density at radius 3 is 2.50 bits per heavy atom. The number of Topliss-reactive ketones (excluding diaryl/α,β-unsaturated/α-hetero) is 1. The number of halogens is 1. The zero-order valence-corrected chi connectivity index (χ0v) is 10.4. The minimum atomic E-state index is -0.384. The van der Waals surface area contributed by atoms with E-state index in [-0.39, 0.29) is 23.1 Å². The second-order valence-electron chi connectivity index (χ2n) is 4.49. The lowest BCUT2D eigenvalue weighted by Crippen LogP contribution is -2.14. The first-order valence-electron chi connectivity index (χ1n) is 5.78. The highest BCUT2D eigenvalue weighted by atomic mass is 19.1. The van der Waals surface area contributed by atoms with E-state index in [0.29, 0.717) is 0 Å². The van der Waals surface area contributed by atoms with Gasteiger partial charge < -0.3 is 0 Å². The third-order valence-corrected chi connectivity index (χ3v) is 2.85. The van der Waals surface area contributed by atoms with Crippen LogP contribution in [0.15, 0.2) is 12.1 Å². The number of aryl methyl sites for hydroxylation is 2. The molecule has 1 unspecified atom stereocenters. The average molecular weight is 222 g/mol. The minimum Gasteiger partial charge on any atom is -0.294 e. The molecule has 0 aliphatic heterocycles. The monoisotopic (exact) mass is 222 g/mol. The molecule has 0 aromatic heterocycles. The molecule has 88 valence electrons. The Morgan fingerprint density at radius 1 is 1.38 bits per heavy atom. The van der Waals surface area contributed by atoms with Crippen LogP contribution in [0, 0.1) is 25.6 Å². The molecule has 0 aliphatic rings. The van der Waals surface area contributed by atoms with E-state index in [1.165, 1.54) is 6.07 Å². The predicted molar refractivity (Wildman–Crippen MR) is 64.3 cm³/mol. The molecule has 0 amide bonds. The molecule has 1 aromatic rings. The van der Waals surface area contributed by atoms with Gasteiger partial charge in [-0.1, -0.05) is 26.3 Å². The van der Waals surface area contributed by atoms with Gasteiger partial charge in [0.05, 0.1) is 5.56 Å². The van der Waals surface area contributed by atoms with Crippen LogP contribution >= 0.6 is 0 Å². The van der Waals surface area contributed by atoms with Crippen molar-refractivity contribution >= 4 is 5.78 Å². The second kappa shape index (κ2) is 5.24. The lowest BCUT2D eigenvalue weighted by molar-refractivity contribution is 0.0918. The SMILES string of the molecule is CCCC(C)C(=O)c1c(C)cc(C)cc1F. The molecule has 0 radical (unpaired) electrons. The summed E-state index contributed by atoms with van der Waals surface area (Å²) >= 11 is 0. The van der Waals surface area contributed by atoms with Crippen molar-refractivity contribution in [1.82, 2.24) is 0 Å². The maximum atomic E-state index is 13.7. The molecule has 1 rings (SSSR count). The highest BCUT2D eigenvalue weighted by Gasteiger charge is 2.20.